The first-order chi connectivity index (χ1) is 17.5. The van der Waals surface area contributed by atoms with Gasteiger partial charge in [0.15, 0.2) is 0 Å². The Bertz CT molecular complexity index is 1430. The minimum absolute atomic E-state index is 0. The molecule has 1 N–H and O–H groups in total. The van der Waals surface area contributed by atoms with Crippen LogP contribution in [0.15, 0.2) is 84.9 Å². The summed E-state index contributed by atoms with van der Waals surface area (Å²) in [6.45, 7) is 2.00. The summed E-state index contributed by atoms with van der Waals surface area (Å²) in [6.07, 6.45) is 6.28. The van der Waals surface area contributed by atoms with Crippen LogP contribution in [0.5, 0.6) is 0 Å². The van der Waals surface area contributed by atoms with E-state index in [1.165, 1.54) is 22.5 Å². The Morgan fingerprint density at radius 2 is 1.51 bits per heavy atom. The number of aryl methyl sites for hydroxylation is 1. The van der Waals surface area contributed by atoms with Crippen molar-refractivity contribution in [2.75, 3.05) is 12.0 Å². The van der Waals surface area contributed by atoms with Crippen LogP contribution >= 0.6 is 11.8 Å². The molecule has 4 aromatic carbocycles. The predicted octanol–water partition coefficient (Wildman–Crippen LogP) is 2.59. The molecular formula is C31H28LiNO3S. The second-order valence-corrected chi connectivity index (χ2v) is 9.67. The summed E-state index contributed by atoms with van der Waals surface area (Å²) in [7, 11) is 0. The van der Waals surface area contributed by atoms with E-state index in [0.717, 1.165) is 27.8 Å². The maximum absolute atomic E-state index is 13.2. The number of fused-ring (bicyclic) bond motifs is 1. The first-order valence-electron chi connectivity index (χ1n) is 11.8. The smallest absolute Gasteiger partial charge is 0.548 e. The molecule has 0 aromatic heterocycles. The maximum atomic E-state index is 13.2. The van der Waals surface area contributed by atoms with Crippen LogP contribution in [0.25, 0.3) is 34.1 Å². The molecule has 0 bridgehead atoms. The number of rotatable bonds is 9. The van der Waals surface area contributed by atoms with Crippen molar-refractivity contribution in [2.45, 2.75) is 19.4 Å². The molecule has 0 saturated heterocycles. The van der Waals surface area contributed by atoms with Gasteiger partial charge in [0.2, 0.25) is 0 Å². The van der Waals surface area contributed by atoms with Gasteiger partial charge in [0.1, 0.15) is 0 Å². The summed E-state index contributed by atoms with van der Waals surface area (Å²) in [5.41, 5.74) is 5.17. The second kappa shape index (κ2) is 13.4. The van der Waals surface area contributed by atoms with Gasteiger partial charge in [-0.05, 0) is 82.1 Å². The minimum Gasteiger partial charge on any atom is -0.548 e. The Kier molecular flexibility index (Phi) is 10.2. The number of carboxylic acid groups (broad SMARTS) is 1. The predicted molar refractivity (Wildman–Crippen MR) is 149 cm³/mol. The van der Waals surface area contributed by atoms with Gasteiger partial charge in [-0.1, -0.05) is 78.9 Å². The summed E-state index contributed by atoms with van der Waals surface area (Å²) in [5.74, 6) is -1.08. The summed E-state index contributed by atoms with van der Waals surface area (Å²) in [4.78, 5) is 24.8. The largest absolute Gasteiger partial charge is 1.00 e. The molecule has 0 unspecified atom stereocenters. The third-order valence-electron chi connectivity index (χ3n) is 6.17. The van der Waals surface area contributed by atoms with Crippen LogP contribution in [0, 0.1) is 6.92 Å². The van der Waals surface area contributed by atoms with Crippen molar-refractivity contribution >= 4 is 46.6 Å². The van der Waals surface area contributed by atoms with Gasteiger partial charge in [-0.3, -0.25) is 4.79 Å². The fraction of sp³-hybridized carbons (Fsp3) is 0.161. The van der Waals surface area contributed by atoms with Crippen LogP contribution in [0.2, 0.25) is 0 Å². The van der Waals surface area contributed by atoms with E-state index < -0.39 is 17.9 Å². The van der Waals surface area contributed by atoms with Crippen LogP contribution in [0.1, 0.15) is 33.5 Å². The number of hydrogen-bond donors (Lipinski definition) is 1. The number of amides is 1. The normalized spacial score (nSPS) is 11.7. The summed E-state index contributed by atoms with van der Waals surface area (Å²) >= 11 is 1.53. The van der Waals surface area contributed by atoms with Gasteiger partial charge in [-0.25, -0.2) is 0 Å². The number of carboxylic acids is 1. The van der Waals surface area contributed by atoms with Crippen LogP contribution in [0.4, 0.5) is 0 Å². The molecule has 0 saturated carbocycles. The quantitative estimate of drug-likeness (QED) is 0.283. The molecule has 6 heteroatoms. The molecular weight excluding hydrogens is 473 g/mol. The van der Waals surface area contributed by atoms with Crippen LogP contribution in [0.3, 0.4) is 0 Å². The monoisotopic (exact) mass is 501 g/mol. The average Bonchev–Trinajstić information content (AvgIpc) is 2.89. The van der Waals surface area contributed by atoms with E-state index in [0.29, 0.717) is 17.7 Å². The summed E-state index contributed by atoms with van der Waals surface area (Å²) in [5, 5.41) is 16.6. The number of carbonyl (C=O) groups is 2. The third kappa shape index (κ3) is 7.17. The van der Waals surface area contributed by atoms with Crippen molar-refractivity contribution in [1.29, 1.82) is 0 Å². The van der Waals surface area contributed by atoms with Gasteiger partial charge >= 0.3 is 18.9 Å². The fourth-order valence-electron chi connectivity index (χ4n) is 4.19. The molecule has 182 valence electrons. The Hall–Kier alpha value is -3.23. The molecule has 0 heterocycles. The number of carbonyl (C=O) groups excluding carboxylic acids is 2. The molecule has 0 aliphatic rings. The number of aliphatic carboxylic acids is 1. The van der Waals surface area contributed by atoms with E-state index in [1.54, 1.807) is 6.07 Å². The third-order valence-corrected chi connectivity index (χ3v) is 6.81. The number of benzene rings is 4. The maximum Gasteiger partial charge on any atom is 1.00 e. The molecule has 4 rings (SSSR count). The number of nitrogens with one attached hydrogen (secondary N) is 1. The average molecular weight is 502 g/mol. The zero-order valence-corrected chi connectivity index (χ0v) is 22.2. The van der Waals surface area contributed by atoms with E-state index in [2.05, 4.69) is 41.7 Å². The Morgan fingerprint density at radius 1 is 0.865 bits per heavy atom. The van der Waals surface area contributed by atoms with Crippen LogP contribution in [-0.4, -0.2) is 29.9 Å². The topological polar surface area (TPSA) is 69.2 Å². The Morgan fingerprint density at radius 3 is 2.22 bits per heavy atom. The second-order valence-electron chi connectivity index (χ2n) is 8.69. The number of hydrogen-bond acceptors (Lipinski definition) is 4. The molecule has 0 fully saturated rings. The van der Waals surface area contributed by atoms with Crippen molar-refractivity contribution in [3.8, 4) is 11.1 Å². The van der Waals surface area contributed by atoms with Gasteiger partial charge in [-0.15, -0.1) is 0 Å². The standard InChI is InChI=1S/C31H29NO3S.Li/c1-21-7-3-6-10-26(21)28-20-23(12-11-22-13-15-24-8-4-5-9-25(24)19-22)14-16-27(28)30(33)32-29(31(34)35)17-18-36-2;/h3-16,19-20,29H,17-18H2,1-2H3,(H,32,33)(H,34,35);/q;+1/p-1/b12-11+;/t29-;/m0./s1. The van der Waals surface area contributed by atoms with Crippen molar-refractivity contribution in [1.82, 2.24) is 5.32 Å². The Balaban J connectivity index is 0.00000380. The zero-order valence-electron chi connectivity index (χ0n) is 21.4. The fourth-order valence-corrected chi connectivity index (χ4v) is 4.66. The number of thioether (sulfide) groups is 1. The van der Waals surface area contributed by atoms with E-state index in [-0.39, 0.29) is 18.9 Å². The molecule has 1 amide bonds. The van der Waals surface area contributed by atoms with Crippen LogP contribution < -0.4 is 29.3 Å². The van der Waals surface area contributed by atoms with E-state index >= 15 is 0 Å². The molecule has 0 spiro atoms. The first-order valence-corrected chi connectivity index (χ1v) is 13.2. The van der Waals surface area contributed by atoms with Gasteiger partial charge in [0.05, 0.1) is 12.0 Å². The first kappa shape index (κ1) is 28.3. The van der Waals surface area contributed by atoms with Crippen LogP contribution in [-0.2, 0) is 4.79 Å². The SMILES string of the molecule is CSCC[C@H](NC(=O)c1ccc(/C=C/c2ccc3ccccc3c2)cc1-c1ccccc1C)C(=O)[O-].[Li+]. The van der Waals surface area contributed by atoms with Crippen molar-refractivity contribution < 1.29 is 33.6 Å². The van der Waals surface area contributed by atoms with Crippen molar-refractivity contribution in [3.63, 3.8) is 0 Å². The van der Waals surface area contributed by atoms with Gasteiger partial charge in [0.25, 0.3) is 5.91 Å². The van der Waals surface area contributed by atoms with Gasteiger partial charge in [-0.2, -0.15) is 11.8 Å². The summed E-state index contributed by atoms with van der Waals surface area (Å²) < 4.78 is 0. The van der Waals surface area contributed by atoms with E-state index in [9.17, 15) is 14.7 Å². The minimum atomic E-state index is -1.27. The van der Waals surface area contributed by atoms with Crippen molar-refractivity contribution in [2.24, 2.45) is 0 Å². The van der Waals surface area contributed by atoms with Gasteiger partial charge in [0, 0.05) is 5.56 Å². The molecule has 4 nitrogen and oxygen atoms in total. The van der Waals surface area contributed by atoms with Gasteiger partial charge < -0.3 is 15.2 Å². The van der Waals surface area contributed by atoms with E-state index in [1.807, 2.05) is 67.8 Å². The Labute approximate surface area is 234 Å². The molecule has 1 atom stereocenters. The van der Waals surface area contributed by atoms with Crippen molar-refractivity contribution in [3.05, 3.63) is 107 Å². The molecule has 0 aliphatic heterocycles. The molecule has 37 heavy (non-hydrogen) atoms. The molecule has 4 aromatic rings. The molecule has 0 aliphatic carbocycles. The van der Waals surface area contributed by atoms with E-state index in [4.69, 9.17) is 0 Å². The molecule has 0 radical (unpaired) electrons. The zero-order chi connectivity index (χ0) is 25.5. The summed E-state index contributed by atoms with van der Waals surface area (Å²) in [6, 6.07) is 27.0.